The first-order chi connectivity index (χ1) is 6.47. The SMILES string of the molecule is CCCS(=O)(=O)c1nnc([S+](C)[O-])s1. The molecule has 1 aromatic heterocycles. The van der Waals surface area contributed by atoms with Gasteiger partial charge in [0.05, 0.1) is 5.75 Å². The second-order valence-electron chi connectivity index (χ2n) is 2.61. The van der Waals surface area contributed by atoms with Crippen LogP contribution in [0.15, 0.2) is 8.68 Å². The van der Waals surface area contributed by atoms with Crippen molar-refractivity contribution in [2.75, 3.05) is 12.0 Å². The molecule has 0 spiro atoms. The van der Waals surface area contributed by atoms with E-state index in [9.17, 15) is 13.0 Å². The first-order valence-electron chi connectivity index (χ1n) is 3.87. The lowest BCUT2D eigenvalue weighted by Crippen LogP contribution is -2.05. The van der Waals surface area contributed by atoms with E-state index in [1.807, 2.05) is 0 Å². The molecule has 0 saturated heterocycles. The summed E-state index contributed by atoms with van der Waals surface area (Å²) in [5.74, 6) is 0.0536. The van der Waals surface area contributed by atoms with Gasteiger partial charge in [-0.25, -0.2) is 8.42 Å². The second-order valence-corrected chi connectivity index (χ2v) is 7.42. The lowest BCUT2D eigenvalue weighted by molar-refractivity contribution is 0.590. The van der Waals surface area contributed by atoms with Crippen molar-refractivity contribution < 1.29 is 13.0 Å². The Bertz CT molecular complexity index is 398. The highest BCUT2D eigenvalue weighted by Gasteiger charge is 2.22. The molecule has 1 aromatic rings. The molecule has 0 bridgehead atoms. The van der Waals surface area contributed by atoms with Gasteiger partial charge in [-0.1, -0.05) is 12.0 Å². The van der Waals surface area contributed by atoms with Crippen LogP contribution in [0, 0.1) is 0 Å². The molecule has 14 heavy (non-hydrogen) atoms. The van der Waals surface area contributed by atoms with Gasteiger partial charge in [-0.15, -0.1) is 5.10 Å². The van der Waals surface area contributed by atoms with Crippen LogP contribution in [0.2, 0.25) is 0 Å². The molecule has 0 aromatic carbocycles. The molecule has 0 aliphatic rings. The van der Waals surface area contributed by atoms with Crippen LogP contribution in [0.1, 0.15) is 13.3 Å². The standard InChI is InChI=1S/C6H10N2O3S3/c1-3-4-14(10,11)6-8-7-5(12-6)13(2)9/h3-4H2,1-2H3. The summed E-state index contributed by atoms with van der Waals surface area (Å²) >= 11 is -0.389. The van der Waals surface area contributed by atoms with Crippen molar-refractivity contribution in [1.29, 1.82) is 0 Å². The minimum atomic E-state index is -3.31. The Hall–Kier alpha value is -0.180. The van der Waals surface area contributed by atoms with Crippen LogP contribution in [0.3, 0.4) is 0 Å². The van der Waals surface area contributed by atoms with Gasteiger partial charge in [0.25, 0.3) is 0 Å². The summed E-state index contributed by atoms with van der Waals surface area (Å²) < 4.78 is 34.1. The maximum Gasteiger partial charge on any atom is 0.322 e. The van der Waals surface area contributed by atoms with Gasteiger partial charge >= 0.3 is 4.34 Å². The zero-order chi connectivity index (χ0) is 10.8. The molecule has 1 unspecified atom stereocenters. The molecule has 1 rings (SSSR count). The Kier molecular flexibility index (Phi) is 3.87. The topological polar surface area (TPSA) is 83.0 Å². The van der Waals surface area contributed by atoms with Gasteiger partial charge in [-0.05, 0) is 17.8 Å². The van der Waals surface area contributed by atoms with Crippen LogP contribution < -0.4 is 0 Å². The molecule has 0 radical (unpaired) electrons. The summed E-state index contributed by atoms with van der Waals surface area (Å²) in [5, 5.41) is 7.07. The van der Waals surface area contributed by atoms with E-state index in [-0.39, 0.29) is 14.4 Å². The molecular weight excluding hydrogens is 244 g/mol. The number of sulfone groups is 1. The first-order valence-corrected chi connectivity index (χ1v) is 7.89. The Morgan fingerprint density at radius 1 is 1.50 bits per heavy atom. The van der Waals surface area contributed by atoms with Gasteiger partial charge in [-0.2, -0.15) is 0 Å². The predicted molar refractivity (Wildman–Crippen MR) is 54.6 cm³/mol. The smallest absolute Gasteiger partial charge is 0.322 e. The summed E-state index contributed by atoms with van der Waals surface area (Å²) in [6.45, 7) is 1.78. The maximum atomic E-state index is 11.5. The molecule has 0 saturated carbocycles. The lowest BCUT2D eigenvalue weighted by Gasteiger charge is -1.95. The zero-order valence-electron chi connectivity index (χ0n) is 7.76. The van der Waals surface area contributed by atoms with E-state index in [1.165, 1.54) is 6.26 Å². The van der Waals surface area contributed by atoms with Gasteiger partial charge in [0.1, 0.15) is 6.26 Å². The highest BCUT2D eigenvalue weighted by Crippen LogP contribution is 2.20. The van der Waals surface area contributed by atoms with Crippen molar-refractivity contribution in [2.24, 2.45) is 0 Å². The third-order valence-electron chi connectivity index (χ3n) is 1.37. The highest BCUT2D eigenvalue weighted by molar-refractivity contribution is 7.95. The quantitative estimate of drug-likeness (QED) is 0.729. The van der Waals surface area contributed by atoms with Crippen molar-refractivity contribution in [2.45, 2.75) is 22.0 Å². The van der Waals surface area contributed by atoms with Crippen LogP contribution in [0.4, 0.5) is 0 Å². The van der Waals surface area contributed by atoms with E-state index in [0.717, 1.165) is 11.3 Å². The third kappa shape index (κ3) is 2.66. The molecule has 0 aliphatic carbocycles. The minimum Gasteiger partial charge on any atom is -0.610 e. The van der Waals surface area contributed by atoms with Crippen LogP contribution in [0.5, 0.6) is 0 Å². The molecule has 8 heteroatoms. The minimum absolute atomic E-state index is 0.0375. The first kappa shape index (κ1) is 11.9. The summed E-state index contributed by atoms with van der Waals surface area (Å²) in [5.41, 5.74) is 0. The Balaban J connectivity index is 2.97. The molecule has 80 valence electrons. The van der Waals surface area contributed by atoms with Crippen molar-refractivity contribution in [3.8, 4) is 0 Å². The van der Waals surface area contributed by atoms with Crippen LogP contribution in [-0.4, -0.2) is 35.2 Å². The number of hydrogen-bond donors (Lipinski definition) is 0. The van der Waals surface area contributed by atoms with Gasteiger partial charge in [0.2, 0.25) is 14.2 Å². The molecule has 0 fully saturated rings. The molecule has 1 heterocycles. The van der Waals surface area contributed by atoms with Crippen molar-refractivity contribution in [3.63, 3.8) is 0 Å². The van der Waals surface area contributed by atoms with Crippen molar-refractivity contribution in [1.82, 2.24) is 10.2 Å². The van der Waals surface area contributed by atoms with Gasteiger partial charge in [0.15, 0.2) is 0 Å². The van der Waals surface area contributed by atoms with Crippen LogP contribution in [0.25, 0.3) is 0 Å². The number of nitrogens with zero attached hydrogens (tertiary/aromatic N) is 2. The second kappa shape index (κ2) is 4.56. The monoisotopic (exact) mass is 254 g/mol. The predicted octanol–water partition coefficient (Wildman–Crippen LogP) is 0.459. The van der Waals surface area contributed by atoms with Crippen LogP contribution >= 0.6 is 11.3 Å². The number of rotatable bonds is 4. The summed E-state index contributed by atoms with van der Waals surface area (Å²) in [6.07, 6.45) is 1.98. The van der Waals surface area contributed by atoms with E-state index in [2.05, 4.69) is 10.2 Å². The normalized spacial score (nSPS) is 14.2. The average molecular weight is 254 g/mol. The van der Waals surface area contributed by atoms with E-state index < -0.39 is 21.0 Å². The molecular formula is C6H10N2O3S3. The fourth-order valence-corrected chi connectivity index (χ4v) is 4.00. The van der Waals surface area contributed by atoms with Gasteiger partial charge in [0, 0.05) is 11.2 Å². The number of aromatic nitrogens is 2. The summed E-state index contributed by atoms with van der Waals surface area (Å²) in [6, 6.07) is 0. The van der Waals surface area contributed by atoms with Gasteiger partial charge in [-0.3, -0.25) is 0 Å². The largest absolute Gasteiger partial charge is 0.610 e. The van der Waals surface area contributed by atoms with Crippen LogP contribution in [-0.2, 0) is 21.0 Å². The van der Waals surface area contributed by atoms with Crippen molar-refractivity contribution >= 4 is 32.3 Å². The fraction of sp³-hybridized carbons (Fsp3) is 0.667. The fourth-order valence-electron chi connectivity index (χ4n) is 0.795. The van der Waals surface area contributed by atoms with E-state index >= 15 is 0 Å². The Morgan fingerprint density at radius 2 is 2.14 bits per heavy atom. The molecule has 0 N–H and O–H groups in total. The highest BCUT2D eigenvalue weighted by atomic mass is 32.3. The Labute approximate surface area is 89.7 Å². The molecule has 0 amide bonds. The molecule has 0 aliphatic heterocycles. The van der Waals surface area contributed by atoms with E-state index in [0.29, 0.717) is 6.42 Å². The maximum absolute atomic E-state index is 11.5. The van der Waals surface area contributed by atoms with E-state index in [1.54, 1.807) is 6.92 Å². The number of hydrogen-bond acceptors (Lipinski definition) is 6. The Morgan fingerprint density at radius 3 is 2.57 bits per heavy atom. The zero-order valence-corrected chi connectivity index (χ0v) is 10.2. The lowest BCUT2D eigenvalue weighted by atomic mass is 10.6. The van der Waals surface area contributed by atoms with Crippen molar-refractivity contribution in [3.05, 3.63) is 0 Å². The summed E-state index contributed by atoms with van der Waals surface area (Å²) in [7, 11) is -3.31. The van der Waals surface area contributed by atoms with E-state index in [4.69, 9.17) is 0 Å². The summed E-state index contributed by atoms with van der Waals surface area (Å²) in [4.78, 5) is 0. The van der Waals surface area contributed by atoms with Gasteiger partial charge < -0.3 is 4.55 Å². The molecule has 1 atom stereocenters. The average Bonchev–Trinajstić information content (AvgIpc) is 2.51. The molecule has 5 nitrogen and oxygen atoms in total. The third-order valence-corrected chi connectivity index (χ3v) is 5.98.